The number of fused-ring (bicyclic) bond motifs is 3. The van der Waals surface area contributed by atoms with Gasteiger partial charge >= 0.3 is 0 Å². The molecule has 2 aromatic heterocycles. The molecule has 2 N–H and O–H groups in total. The summed E-state index contributed by atoms with van der Waals surface area (Å²) in [4.78, 5) is 28.2. The van der Waals surface area contributed by atoms with Crippen molar-refractivity contribution in [2.75, 3.05) is 39.8 Å². The van der Waals surface area contributed by atoms with Crippen molar-refractivity contribution in [1.82, 2.24) is 19.8 Å². The number of aromatic amines is 2. The molecule has 1 saturated heterocycles. The summed E-state index contributed by atoms with van der Waals surface area (Å²) in [5.41, 5.74) is 4.48. The summed E-state index contributed by atoms with van der Waals surface area (Å²) in [5.74, 6) is 0. The van der Waals surface area contributed by atoms with Gasteiger partial charge in [0.2, 0.25) is 0 Å². The third-order valence-corrected chi connectivity index (χ3v) is 6.20. The van der Waals surface area contributed by atoms with Crippen molar-refractivity contribution in [1.29, 1.82) is 0 Å². The number of nitrogens with one attached hydrogen (secondary N) is 2. The minimum absolute atomic E-state index is 0. The molecule has 1 fully saturated rings. The van der Waals surface area contributed by atoms with Crippen molar-refractivity contribution in [3.8, 4) is 0 Å². The number of benzene rings is 2. The summed E-state index contributed by atoms with van der Waals surface area (Å²) in [6, 6.07) is 16.2. The highest BCUT2D eigenvalue weighted by atomic mass is 35.5. The lowest BCUT2D eigenvalue weighted by Crippen LogP contribution is -2.45. The van der Waals surface area contributed by atoms with Crippen LogP contribution in [0.25, 0.3) is 21.8 Å². The second-order valence-electron chi connectivity index (χ2n) is 8.31. The number of aromatic nitrogens is 2. The summed E-state index contributed by atoms with van der Waals surface area (Å²) in [5, 5.41) is 1.92. The highest BCUT2D eigenvalue weighted by Gasteiger charge is 2.13. The molecular formula is C25H28ClN5O. The molecule has 1 aliphatic rings. The lowest BCUT2D eigenvalue weighted by Gasteiger charge is -2.32. The van der Waals surface area contributed by atoms with E-state index in [2.05, 4.69) is 43.9 Å². The van der Waals surface area contributed by atoms with E-state index >= 15 is 0 Å². The maximum atomic E-state index is 12.5. The van der Waals surface area contributed by atoms with Gasteiger partial charge in [-0.05, 0) is 49.4 Å². The number of rotatable bonds is 5. The van der Waals surface area contributed by atoms with E-state index in [-0.39, 0.29) is 18.0 Å². The fourth-order valence-corrected chi connectivity index (χ4v) is 4.27. The third-order valence-electron chi connectivity index (χ3n) is 6.20. The highest BCUT2D eigenvalue weighted by molar-refractivity contribution is 6.13. The molecule has 1 aliphatic heterocycles. The Morgan fingerprint density at radius 3 is 2.53 bits per heavy atom. The number of aliphatic imine (C=N–C) groups is 1. The van der Waals surface area contributed by atoms with E-state index in [0.717, 1.165) is 66.6 Å². The zero-order chi connectivity index (χ0) is 21.2. The van der Waals surface area contributed by atoms with E-state index in [1.54, 1.807) is 6.21 Å². The molecule has 0 radical (unpaired) electrons. The van der Waals surface area contributed by atoms with Crippen LogP contribution in [0, 0.1) is 0 Å². The van der Waals surface area contributed by atoms with Gasteiger partial charge in [-0.1, -0.05) is 18.2 Å². The molecule has 32 heavy (non-hydrogen) atoms. The number of hydrogen-bond acceptors (Lipinski definition) is 4. The van der Waals surface area contributed by atoms with Crippen molar-refractivity contribution in [3.05, 3.63) is 76.2 Å². The van der Waals surface area contributed by atoms with Gasteiger partial charge in [0.25, 0.3) is 5.56 Å². The quantitative estimate of drug-likeness (QED) is 0.453. The normalized spacial score (nSPS) is 15.5. The lowest BCUT2D eigenvalue weighted by molar-refractivity contribution is 0.155. The van der Waals surface area contributed by atoms with Gasteiger partial charge in [0.15, 0.2) is 0 Å². The summed E-state index contributed by atoms with van der Waals surface area (Å²) in [7, 11) is 2.18. The summed E-state index contributed by atoms with van der Waals surface area (Å²) in [6.45, 7) is 5.68. The Morgan fingerprint density at radius 2 is 1.75 bits per heavy atom. The minimum atomic E-state index is -0.112. The second-order valence-corrected chi connectivity index (χ2v) is 8.31. The molecule has 7 heteroatoms. The topological polar surface area (TPSA) is 67.5 Å². The van der Waals surface area contributed by atoms with Crippen LogP contribution in [0.15, 0.2) is 64.5 Å². The standard InChI is InChI=1S/C25H27N5O.ClH/c1-29-13-15-30(16-14-29)12-10-18-4-6-19(7-5-18)27-17-21-24-20-3-2-11-26-22(20)8-9-23(24)28-25(21)31;/h2-9,11,17,26H,10,12-16H2,1H3,(H,28,31);1H. The first-order valence-electron chi connectivity index (χ1n) is 10.8. The van der Waals surface area contributed by atoms with Gasteiger partial charge in [-0.25, -0.2) is 0 Å². The third kappa shape index (κ3) is 4.63. The van der Waals surface area contributed by atoms with Crippen molar-refractivity contribution < 1.29 is 0 Å². The van der Waals surface area contributed by atoms with E-state index in [0.29, 0.717) is 5.56 Å². The van der Waals surface area contributed by atoms with Gasteiger partial charge in [-0.2, -0.15) is 0 Å². The molecule has 0 bridgehead atoms. The maximum Gasteiger partial charge on any atom is 0.257 e. The van der Waals surface area contributed by atoms with E-state index < -0.39 is 0 Å². The van der Waals surface area contributed by atoms with Crippen molar-refractivity contribution in [2.45, 2.75) is 6.42 Å². The first kappa shape index (κ1) is 22.3. The van der Waals surface area contributed by atoms with Crippen LogP contribution in [0.1, 0.15) is 11.1 Å². The van der Waals surface area contributed by atoms with E-state index in [1.165, 1.54) is 5.56 Å². The number of nitrogens with zero attached hydrogens (tertiary/aromatic N) is 3. The molecule has 166 valence electrons. The van der Waals surface area contributed by atoms with E-state index in [1.807, 2.05) is 42.6 Å². The predicted molar refractivity (Wildman–Crippen MR) is 135 cm³/mol. The predicted octanol–water partition coefficient (Wildman–Crippen LogP) is 3.97. The number of pyridine rings is 1. The van der Waals surface area contributed by atoms with Crippen LogP contribution in [0.3, 0.4) is 0 Å². The molecule has 0 spiro atoms. The monoisotopic (exact) mass is 449 g/mol. The fraction of sp³-hybridized carbons (Fsp3) is 0.280. The molecule has 0 atom stereocenters. The number of likely N-dealkylation sites (N-methyl/N-ethyl adjacent to an activating group) is 1. The fourth-order valence-electron chi connectivity index (χ4n) is 4.27. The van der Waals surface area contributed by atoms with Gasteiger partial charge in [0.05, 0.1) is 11.3 Å². The molecule has 0 saturated carbocycles. The first-order valence-corrected chi connectivity index (χ1v) is 10.8. The zero-order valence-electron chi connectivity index (χ0n) is 18.2. The van der Waals surface area contributed by atoms with Crippen molar-refractivity contribution in [2.24, 2.45) is 4.99 Å². The molecular weight excluding hydrogens is 422 g/mol. The minimum Gasteiger partial charge on any atom is -0.361 e. The Kier molecular flexibility index (Phi) is 6.74. The zero-order valence-corrected chi connectivity index (χ0v) is 19.0. The van der Waals surface area contributed by atoms with Gasteiger partial charge in [-0.3, -0.25) is 9.79 Å². The average Bonchev–Trinajstić information content (AvgIpc) is 3.13. The largest absolute Gasteiger partial charge is 0.361 e. The Balaban J connectivity index is 0.00000245. The van der Waals surface area contributed by atoms with Crippen LogP contribution in [-0.4, -0.2) is 65.8 Å². The lowest BCUT2D eigenvalue weighted by atomic mass is 10.1. The van der Waals surface area contributed by atoms with Crippen LogP contribution < -0.4 is 5.56 Å². The molecule has 0 aliphatic carbocycles. The SMILES string of the molecule is CN1CCN(CCc2ccc(N=Cc3c(=O)[nH]c4ccc5[nH]cccc5c34)cc2)CC1.Cl. The average molecular weight is 450 g/mol. The van der Waals surface area contributed by atoms with Crippen LogP contribution in [-0.2, 0) is 6.42 Å². The molecule has 3 heterocycles. The van der Waals surface area contributed by atoms with Crippen LogP contribution >= 0.6 is 12.4 Å². The number of hydrogen-bond donors (Lipinski definition) is 2. The van der Waals surface area contributed by atoms with E-state index in [4.69, 9.17) is 0 Å². The van der Waals surface area contributed by atoms with Crippen LogP contribution in [0.2, 0.25) is 0 Å². The van der Waals surface area contributed by atoms with E-state index in [9.17, 15) is 4.79 Å². The first-order chi connectivity index (χ1) is 15.2. The van der Waals surface area contributed by atoms with Gasteiger partial charge in [-0.15, -0.1) is 12.4 Å². The Labute approximate surface area is 193 Å². The number of H-pyrrole nitrogens is 2. The van der Waals surface area contributed by atoms with Gasteiger partial charge in [0, 0.05) is 66.9 Å². The summed E-state index contributed by atoms with van der Waals surface area (Å²) in [6.07, 6.45) is 4.62. The van der Waals surface area contributed by atoms with Gasteiger partial charge < -0.3 is 19.8 Å². The van der Waals surface area contributed by atoms with Crippen molar-refractivity contribution >= 4 is 46.1 Å². The van der Waals surface area contributed by atoms with Crippen LogP contribution in [0.4, 0.5) is 5.69 Å². The second kappa shape index (κ2) is 9.69. The smallest absolute Gasteiger partial charge is 0.257 e. The molecule has 0 amide bonds. The Morgan fingerprint density at radius 1 is 1.00 bits per heavy atom. The highest BCUT2D eigenvalue weighted by Crippen LogP contribution is 2.24. The summed E-state index contributed by atoms with van der Waals surface area (Å²) < 4.78 is 0. The molecule has 4 aromatic rings. The van der Waals surface area contributed by atoms with Crippen molar-refractivity contribution in [3.63, 3.8) is 0 Å². The van der Waals surface area contributed by atoms with Gasteiger partial charge in [0.1, 0.15) is 0 Å². The molecule has 0 unspecified atom stereocenters. The number of piperazine rings is 1. The Bertz CT molecular complexity index is 1280. The maximum absolute atomic E-state index is 12.5. The molecule has 5 rings (SSSR count). The van der Waals surface area contributed by atoms with Crippen LogP contribution in [0.5, 0.6) is 0 Å². The summed E-state index contributed by atoms with van der Waals surface area (Å²) >= 11 is 0. The Hall–Kier alpha value is -2.93. The molecule has 6 nitrogen and oxygen atoms in total. The number of halogens is 1. The molecule has 2 aromatic carbocycles.